The van der Waals surface area contributed by atoms with Crippen molar-refractivity contribution in [3.63, 3.8) is 0 Å². The molecule has 0 spiro atoms. The molecule has 2 aliphatic rings. The van der Waals surface area contributed by atoms with Crippen molar-refractivity contribution in [2.75, 3.05) is 11.9 Å². The maximum Gasteiger partial charge on any atom is 0.256 e. The molecule has 6 nitrogen and oxygen atoms in total. The largest absolute Gasteiger partial charge is 0.352 e. The molecular formula is C22H25N3O3S. The van der Waals surface area contributed by atoms with Gasteiger partial charge in [-0.05, 0) is 55.3 Å². The van der Waals surface area contributed by atoms with Crippen LogP contribution in [0, 0.1) is 0 Å². The van der Waals surface area contributed by atoms with E-state index >= 15 is 0 Å². The van der Waals surface area contributed by atoms with E-state index in [2.05, 4.69) is 10.6 Å². The molecule has 0 bridgehead atoms. The third kappa shape index (κ3) is 4.50. The van der Waals surface area contributed by atoms with E-state index in [1.807, 2.05) is 5.38 Å². The average Bonchev–Trinajstić information content (AvgIpc) is 3.49. The van der Waals surface area contributed by atoms with Crippen molar-refractivity contribution in [3.05, 3.63) is 52.2 Å². The van der Waals surface area contributed by atoms with Crippen LogP contribution in [0.25, 0.3) is 0 Å². The maximum atomic E-state index is 13.1. The van der Waals surface area contributed by atoms with Gasteiger partial charge in [-0.25, -0.2) is 0 Å². The van der Waals surface area contributed by atoms with Crippen molar-refractivity contribution in [1.82, 2.24) is 10.2 Å². The highest BCUT2D eigenvalue weighted by molar-refractivity contribution is 7.08. The van der Waals surface area contributed by atoms with Crippen molar-refractivity contribution >= 4 is 34.7 Å². The quantitative estimate of drug-likeness (QED) is 0.788. The van der Waals surface area contributed by atoms with Gasteiger partial charge >= 0.3 is 0 Å². The molecule has 3 amide bonds. The van der Waals surface area contributed by atoms with Crippen molar-refractivity contribution in [2.45, 2.75) is 50.6 Å². The van der Waals surface area contributed by atoms with Crippen LogP contribution in [-0.4, -0.2) is 41.2 Å². The first-order valence-electron chi connectivity index (χ1n) is 10.2. The topological polar surface area (TPSA) is 78.5 Å². The summed E-state index contributed by atoms with van der Waals surface area (Å²) < 4.78 is 0. The third-order valence-corrected chi connectivity index (χ3v) is 6.35. The summed E-state index contributed by atoms with van der Waals surface area (Å²) in [6.07, 6.45) is 5.88. The molecule has 2 heterocycles. The Labute approximate surface area is 174 Å². The molecule has 1 aromatic carbocycles. The average molecular weight is 412 g/mol. The molecule has 2 fully saturated rings. The molecule has 4 rings (SSSR count). The van der Waals surface area contributed by atoms with Crippen LogP contribution in [0.5, 0.6) is 0 Å². The van der Waals surface area contributed by atoms with E-state index in [1.54, 1.807) is 40.6 Å². The number of benzene rings is 1. The van der Waals surface area contributed by atoms with E-state index in [9.17, 15) is 14.4 Å². The van der Waals surface area contributed by atoms with Gasteiger partial charge < -0.3 is 15.5 Å². The summed E-state index contributed by atoms with van der Waals surface area (Å²) in [7, 11) is 0. The molecule has 2 aromatic rings. The van der Waals surface area contributed by atoms with Gasteiger partial charge in [-0.3, -0.25) is 14.4 Å². The first kappa shape index (κ1) is 19.6. The van der Waals surface area contributed by atoms with Crippen LogP contribution in [0.2, 0.25) is 0 Å². The number of nitrogens with zero attached hydrogens (tertiary/aromatic N) is 1. The van der Waals surface area contributed by atoms with Gasteiger partial charge in [0.25, 0.3) is 11.8 Å². The minimum atomic E-state index is -0.410. The molecule has 1 atom stereocenters. The predicted molar refractivity (Wildman–Crippen MR) is 113 cm³/mol. The van der Waals surface area contributed by atoms with Gasteiger partial charge in [-0.2, -0.15) is 11.3 Å². The Morgan fingerprint density at radius 1 is 1.00 bits per heavy atom. The summed E-state index contributed by atoms with van der Waals surface area (Å²) in [4.78, 5) is 39.8. The summed E-state index contributed by atoms with van der Waals surface area (Å²) in [6.45, 7) is 0.576. The summed E-state index contributed by atoms with van der Waals surface area (Å²) in [5.74, 6) is -0.406. The van der Waals surface area contributed by atoms with Gasteiger partial charge in [-0.1, -0.05) is 18.9 Å². The molecule has 0 radical (unpaired) electrons. The summed E-state index contributed by atoms with van der Waals surface area (Å²) in [6, 6.07) is 8.51. The molecular weight excluding hydrogens is 386 g/mol. The lowest BCUT2D eigenvalue weighted by molar-refractivity contribution is -0.125. The highest BCUT2D eigenvalue weighted by Gasteiger charge is 2.35. The van der Waals surface area contributed by atoms with Crippen LogP contribution in [0.15, 0.2) is 41.1 Å². The molecule has 0 unspecified atom stereocenters. The smallest absolute Gasteiger partial charge is 0.256 e. The summed E-state index contributed by atoms with van der Waals surface area (Å²) in [5.41, 5.74) is 1.64. The Morgan fingerprint density at radius 2 is 1.83 bits per heavy atom. The first-order valence-corrected chi connectivity index (χ1v) is 11.1. The van der Waals surface area contributed by atoms with Crippen LogP contribution in [0.1, 0.15) is 59.2 Å². The number of carbonyl (C=O) groups excluding carboxylic acids is 3. The fraction of sp³-hybridized carbons (Fsp3) is 0.409. The van der Waals surface area contributed by atoms with Crippen LogP contribution < -0.4 is 10.6 Å². The lowest BCUT2D eigenvalue weighted by atomic mass is 10.1. The maximum absolute atomic E-state index is 13.1. The zero-order chi connectivity index (χ0) is 20.2. The Hall–Kier alpha value is -2.67. The highest BCUT2D eigenvalue weighted by atomic mass is 32.1. The standard InChI is InChI=1S/C22H25N3O3S/c26-20(16-10-12-29-14-16)24-18-8-3-5-15(13-18)22(28)25-11-4-9-19(25)21(27)23-17-6-1-2-7-17/h3,5,8,10,12-14,17,19H,1-2,4,6-7,9,11H2,(H,23,27)(H,24,26)/t19-/m1/s1. The highest BCUT2D eigenvalue weighted by Crippen LogP contribution is 2.24. The van der Waals surface area contributed by atoms with Gasteiger partial charge in [0, 0.05) is 29.2 Å². The predicted octanol–water partition coefficient (Wildman–Crippen LogP) is 3.66. The van der Waals surface area contributed by atoms with Gasteiger partial charge in [-0.15, -0.1) is 0 Å². The molecule has 152 valence electrons. The third-order valence-electron chi connectivity index (χ3n) is 5.67. The molecule has 1 aliphatic carbocycles. The van der Waals surface area contributed by atoms with Gasteiger partial charge in [0.1, 0.15) is 6.04 Å². The number of carbonyl (C=O) groups is 3. The normalized spacial score (nSPS) is 19.3. The number of rotatable bonds is 5. The van der Waals surface area contributed by atoms with E-state index < -0.39 is 6.04 Å². The van der Waals surface area contributed by atoms with Crippen molar-refractivity contribution in [1.29, 1.82) is 0 Å². The monoisotopic (exact) mass is 411 g/mol. The van der Waals surface area contributed by atoms with Crippen molar-refractivity contribution < 1.29 is 14.4 Å². The number of nitrogens with one attached hydrogen (secondary N) is 2. The molecule has 29 heavy (non-hydrogen) atoms. The molecule has 1 saturated heterocycles. The van der Waals surface area contributed by atoms with E-state index in [0.717, 1.165) is 32.1 Å². The van der Waals surface area contributed by atoms with E-state index in [1.165, 1.54) is 11.3 Å². The number of thiophene rings is 1. The molecule has 7 heteroatoms. The van der Waals surface area contributed by atoms with Crippen molar-refractivity contribution in [2.24, 2.45) is 0 Å². The summed E-state index contributed by atoms with van der Waals surface area (Å²) in [5, 5.41) is 9.58. The van der Waals surface area contributed by atoms with E-state index in [0.29, 0.717) is 29.8 Å². The first-order chi connectivity index (χ1) is 14.1. The molecule has 2 N–H and O–H groups in total. The summed E-state index contributed by atoms with van der Waals surface area (Å²) >= 11 is 1.46. The van der Waals surface area contributed by atoms with E-state index in [4.69, 9.17) is 0 Å². The molecule has 1 saturated carbocycles. The van der Waals surface area contributed by atoms with Crippen LogP contribution in [0.3, 0.4) is 0 Å². The lowest BCUT2D eigenvalue weighted by Crippen LogP contribution is -2.48. The fourth-order valence-electron chi connectivity index (χ4n) is 4.14. The Kier molecular flexibility index (Phi) is 5.94. The number of hydrogen-bond acceptors (Lipinski definition) is 4. The Bertz CT molecular complexity index is 890. The van der Waals surface area contributed by atoms with Crippen LogP contribution in [-0.2, 0) is 4.79 Å². The molecule has 1 aromatic heterocycles. The van der Waals surface area contributed by atoms with Crippen LogP contribution >= 0.6 is 11.3 Å². The minimum Gasteiger partial charge on any atom is -0.352 e. The zero-order valence-corrected chi connectivity index (χ0v) is 17.0. The minimum absolute atomic E-state index is 0.0373. The zero-order valence-electron chi connectivity index (χ0n) is 16.2. The number of amides is 3. The SMILES string of the molecule is O=C(Nc1cccc(C(=O)N2CCC[C@@H]2C(=O)NC2CCCC2)c1)c1ccsc1. The second-order valence-electron chi connectivity index (χ2n) is 7.69. The van der Waals surface area contributed by atoms with Gasteiger partial charge in [0.15, 0.2) is 0 Å². The van der Waals surface area contributed by atoms with Gasteiger partial charge in [0.2, 0.25) is 5.91 Å². The van der Waals surface area contributed by atoms with Crippen molar-refractivity contribution in [3.8, 4) is 0 Å². The Balaban J connectivity index is 1.44. The Morgan fingerprint density at radius 3 is 2.59 bits per heavy atom. The lowest BCUT2D eigenvalue weighted by Gasteiger charge is -2.25. The number of hydrogen-bond donors (Lipinski definition) is 2. The number of anilines is 1. The van der Waals surface area contributed by atoms with Gasteiger partial charge in [0.05, 0.1) is 5.56 Å². The van der Waals surface area contributed by atoms with E-state index in [-0.39, 0.29) is 23.8 Å². The molecule has 1 aliphatic heterocycles. The number of likely N-dealkylation sites (tertiary alicyclic amines) is 1. The second-order valence-corrected chi connectivity index (χ2v) is 8.47. The van der Waals surface area contributed by atoms with Crippen LogP contribution in [0.4, 0.5) is 5.69 Å². The fourth-order valence-corrected chi connectivity index (χ4v) is 4.78. The second kappa shape index (κ2) is 8.78.